The molecule has 7 heteroatoms. The van der Waals surface area contributed by atoms with E-state index < -0.39 is 0 Å². The first-order valence-corrected chi connectivity index (χ1v) is 5.64. The van der Waals surface area contributed by atoms with Gasteiger partial charge in [-0.25, -0.2) is 0 Å². The number of carbonyl (C=O) groups is 1. The van der Waals surface area contributed by atoms with E-state index in [0.717, 1.165) is 0 Å². The molecule has 0 radical (unpaired) electrons. The van der Waals surface area contributed by atoms with Gasteiger partial charge in [0.1, 0.15) is 0 Å². The van der Waals surface area contributed by atoms with Crippen LogP contribution >= 0.6 is 15.9 Å². The van der Waals surface area contributed by atoms with Gasteiger partial charge in [0.05, 0.1) is 20.3 Å². The zero-order valence-corrected chi connectivity index (χ0v) is 10.6. The van der Waals surface area contributed by atoms with Crippen LogP contribution in [-0.4, -0.2) is 35.4 Å². The largest absolute Gasteiger partial charge is 0.481 e. The maximum Gasteiger partial charge on any atom is 0.236 e. The Labute approximate surface area is 102 Å². The summed E-state index contributed by atoms with van der Waals surface area (Å²) in [6, 6.07) is 1.53. The highest BCUT2D eigenvalue weighted by Gasteiger charge is 2.08. The second-order valence-electron chi connectivity index (χ2n) is 2.76. The predicted molar refractivity (Wildman–Crippen MR) is 62.2 cm³/mol. The van der Waals surface area contributed by atoms with Crippen LogP contribution in [0.25, 0.3) is 0 Å². The summed E-state index contributed by atoms with van der Waals surface area (Å²) in [5.74, 6) is 0.663. The van der Waals surface area contributed by atoms with Crippen molar-refractivity contribution in [2.45, 2.75) is 6.42 Å². The summed E-state index contributed by atoms with van der Waals surface area (Å²) < 4.78 is 9.89. The topological polar surface area (TPSA) is 73.3 Å². The number of ether oxygens (including phenoxy) is 2. The van der Waals surface area contributed by atoms with Gasteiger partial charge in [0, 0.05) is 11.8 Å². The Hall–Kier alpha value is -1.37. The van der Waals surface area contributed by atoms with Crippen LogP contribution in [-0.2, 0) is 4.79 Å². The van der Waals surface area contributed by atoms with Gasteiger partial charge in [-0.1, -0.05) is 15.9 Å². The van der Waals surface area contributed by atoms with Gasteiger partial charge in [-0.3, -0.25) is 10.1 Å². The van der Waals surface area contributed by atoms with Crippen LogP contribution in [0, 0.1) is 0 Å². The molecule has 0 spiro atoms. The van der Waals surface area contributed by atoms with E-state index in [4.69, 9.17) is 9.47 Å². The van der Waals surface area contributed by atoms with E-state index >= 15 is 0 Å². The maximum atomic E-state index is 11.3. The quantitative estimate of drug-likeness (QED) is 0.825. The van der Waals surface area contributed by atoms with Crippen molar-refractivity contribution in [2.24, 2.45) is 0 Å². The van der Waals surface area contributed by atoms with Crippen LogP contribution in [0.2, 0.25) is 0 Å². The molecule has 1 heterocycles. The highest BCUT2D eigenvalue weighted by Crippen LogP contribution is 2.17. The summed E-state index contributed by atoms with van der Waals surface area (Å²) >= 11 is 3.17. The number of hydrogen-bond acceptors (Lipinski definition) is 5. The molecule has 16 heavy (non-hydrogen) atoms. The van der Waals surface area contributed by atoms with Crippen molar-refractivity contribution in [1.29, 1.82) is 0 Å². The number of nitrogens with one attached hydrogen (secondary N) is 1. The first-order valence-electron chi connectivity index (χ1n) is 4.52. The van der Waals surface area contributed by atoms with Crippen LogP contribution in [0.4, 0.5) is 5.95 Å². The molecule has 88 valence electrons. The Morgan fingerprint density at radius 2 is 1.94 bits per heavy atom. The fourth-order valence-electron chi connectivity index (χ4n) is 0.942. The van der Waals surface area contributed by atoms with Crippen LogP contribution < -0.4 is 14.8 Å². The van der Waals surface area contributed by atoms with E-state index in [9.17, 15) is 4.79 Å². The fourth-order valence-corrected chi connectivity index (χ4v) is 1.30. The van der Waals surface area contributed by atoms with Gasteiger partial charge >= 0.3 is 0 Å². The van der Waals surface area contributed by atoms with Crippen molar-refractivity contribution in [2.75, 3.05) is 24.9 Å². The molecule has 6 nitrogen and oxygen atoms in total. The second kappa shape index (κ2) is 6.26. The molecule has 0 aromatic carbocycles. The molecule has 1 amide bonds. The van der Waals surface area contributed by atoms with Crippen LogP contribution in [0.5, 0.6) is 11.8 Å². The number of anilines is 1. The predicted octanol–water partition coefficient (Wildman–Crippen LogP) is 1.22. The van der Waals surface area contributed by atoms with Crippen molar-refractivity contribution >= 4 is 27.8 Å². The molecular weight excluding hydrogens is 278 g/mol. The highest BCUT2D eigenvalue weighted by molar-refractivity contribution is 9.09. The first kappa shape index (κ1) is 12.7. The number of rotatable bonds is 5. The molecule has 0 atom stereocenters. The zero-order valence-electron chi connectivity index (χ0n) is 8.99. The number of carbonyl (C=O) groups excluding carboxylic acids is 1. The molecule has 0 aliphatic rings. The zero-order chi connectivity index (χ0) is 12.0. The molecular formula is C9H12BrN3O3. The average molecular weight is 290 g/mol. The second-order valence-corrected chi connectivity index (χ2v) is 3.56. The SMILES string of the molecule is COc1cc(OC)nc(NC(=O)CCBr)n1. The Kier molecular flexibility index (Phi) is 4.97. The average Bonchev–Trinajstić information content (AvgIpc) is 2.28. The molecule has 0 bridgehead atoms. The Morgan fingerprint density at radius 1 is 1.38 bits per heavy atom. The first-order chi connectivity index (χ1) is 7.69. The molecule has 0 fully saturated rings. The third-order valence-electron chi connectivity index (χ3n) is 1.67. The number of amides is 1. The van der Waals surface area contributed by atoms with E-state index in [2.05, 4.69) is 31.2 Å². The van der Waals surface area contributed by atoms with Crippen molar-refractivity contribution in [1.82, 2.24) is 9.97 Å². The molecule has 1 aromatic heterocycles. The molecule has 1 rings (SSSR count). The van der Waals surface area contributed by atoms with Crippen LogP contribution in [0.3, 0.4) is 0 Å². The number of nitrogens with zero attached hydrogens (tertiary/aromatic N) is 2. The van der Waals surface area contributed by atoms with Crippen LogP contribution in [0.15, 0.2) is 6.07 Å². The van der Waals surface area contributed by atoms with Gasteiger partial charge in [-0.2, -0.15) is 9.97 Å². The molecule has 0 aliphatic heterocycles. The molecule has 0 unspecified atom stereocenters. The number of hydrogen-bond donors (Lipinski definition) is 1. The summed E-state index contributed by atoms with van der Waals surface area (Å²) in [4.78, 5) is 19.2. The van der Waals surface area contributed by atoms with E-state index in [0.29, 0.717) is 23.5 Å². The van der Waals surface area contributed by atoms with Gasteiger partial charge in [0.2, 0.25) is 23.6 Å². The summed E-state index contributed by atoms with van der Waals surface area (Å²) in [5, 5.41) is 3.12. The van der Waals surface area contributed by atoms with E-state index in [1.54, 1.807) is 0 Å². The maximum absolute atomic E-state index is 11.3. The summed E-state index contributed by atoms with van der Waals surface area (Å²) in [5.41, 5.74) is 0. The molecule has 0 saturated carbocycles. The lowest BCUT2D eigenvalue weighted by molar-refractivity contribution is -0.115. The van der Waals surface area contributed by atoms with Gasteiger partial charge in [-0.05, 0) is 0 Å². The molecule has 1 N–H and O–H groups in total. The van der Waals surface area contributed by atoms with E-state index in [-0.39, 0.29) is 11.9 Å². The molecule has 1 aromatic rings. The Balaban J connectivity index is 2.82. The van der Waals surface area contributed by atoms with E-state index in [1.165, 1.54) is 20.3 Å². The van der Waals surface area contributed by atoms with Crippen molar-refractivity contribution in [3.05, 3.63) is 6.07 Å². The number of aromatic nitrogens is 2. The standard InChI is InChI=1S/C9H12BrN3O3/c1-15-7-5-8(16-2)13-9(12-7)11-6(14)3-4-10/h5H,3-4H2,1-2H3,(H,11,12,13,14). The lowest BCUT2D eigenvalue weighted by Gasteiger charge is -2.06. The Bertz CT molecular complexity index is 351. The van der Waals surface area contributed by atoms with Crippen molar-refractivity contribution in [3.63, 3.8) is 0 Å². The van der Waals surface area contributed by atoms with Gasteiger partial charge in [0.25, 0.3) is 0 Å². The number of methoxy groups -OCH3 is 2. The minimum atomic E-state index is -0.174. The van der Waals surface area contributed by atoms with Gasteiger partial charge < -0.3 is 9.47 Å². The summed E-state index contributed by atoms with van der Waals surface area (Å²) in [6.45, 7) is 0. The summed E-state index contributed by atoms with van der Waals surface area (Å²) in [6.07, 6.45) is 0.350. The minimum Gasteiger partial charge on any atom is -0.481 e. The third-order valence-corrected chi connectivity index (χ3v) is 2.07. The smallest absolute Gasteiger partial charge is 0.236 e. The lowest BCUT2D eigenvalue weighted by Crippen LogP contribution is -2.14. The number of alkyl halides is 1. The Morgan fingerprint density at radius 3 is 2.38 bits per heavy atom. The summed E-state index contributed by atoms with van der Waals surface area (Å²) in [7, 11) is 2.96. The minimum absolute atomic E-state index is 0.169. The monoisotopic (exact) mass is 289 g/mol. The van der Waals surface area contributed by atoms with E-state index in [1.807, 2.05) is 0 Å². The normalized spacial score (nSPS) is 9.69. The fraction of sp³-hybridized carbons (Fsp3) is 0.444. The molecule has 0 saturated heterocycles. The third kappa shape index (κ3) is 3.65. The lowest BCUT2D eigenvalue weighted by atomic mass is 10.4. The van der Waals surface area contributed by atoms with Crippen molar-refractivity contribution < 1.29 is 14.3 Å². The number of halogens is 1. The van der Waals surface area contributed by atoms with Crippen molar-refractivity contribution in [3.8, 4) is 11.8 Å². The van der Waals surface area contributed by atoms with Gasteiger partial charge in [-0.15, -0.1) is 0 Å². The highest BCUT2D eigenvalue weighted by atomic mass is 79.9. The van der Waals surface area contributed by atoms with Gasteiger partial charge in [0.15, 0.2) is 0 Å². The molecule has 0 aliphatic carbocycles. The van der Waals surface area contributed by atoms with Crippen LogP contribution in [0.1, 0.15) is 6.42 Å².